The number of rotatable bonds is 9. The molecule has 0 spiro atoms. The van der Waals surface area contributed by atoms with Gasteiger partial charge in [-0.3, -0.25) is 0 Å². The summed E-state index contributed by atoms with van der Waals surface area (Å²) in [6, 6.07) is 2.04. The van der Waals surface area contributed by atoms with Gasteiger partial charge in [-0.05, 0) is 49.4 Å². The standard InChI is InChI=1S/C24H39N/c1-2-3-5-8-21-10-14-23(15-11-21)18-19-24-16-12-22(13-17-24)9-6-4-7-20-25/h4,6-7,9,21-24H,2-3,5,8,10-19H2,1H3/b7-4+,9-6+/t21-,22-,23-,24-. The minimum absolute atomic E-state index is 0.748. The van der Waals surface area contributed by atoms with Crippen LogP contribution in [0.15, 0.2) is 24.3 Å². The average Bonchev–Trinajstić information content (AvgIpc) is 2.66. The first kappa shape index (κ1) is 20.3. The van der Waals surface area contributed by atoms with Crippen LogP contribution in [0.1, 0.15) is 96.8 Å². The van der Waals surface area contributed by atoms with Crippen molar-refractivity contribution in [1.29, 1.82) is 5.26 Å². The maximum absolute atomic E-state index is 8.50. The van der Waals surface area contributed by atoms with E-state index in [0.717, 1.165) is 23.7 Å². The van der Waals surface area contributed by atoms with Gasteiger partial charge >= 0.3 is 0 Å². The average molecular weight is 342 g/mol. The Balaban J connectivity index is 1.54. The van der Waals surface area contributed by atoms with Gasteiger partial charge in [0.1, 0.15) is 0 Å². The predicted octanol–water partition coefficient (Wildman–Crippen LogP) is 7.60. The second-order valence-corrected chi connectivity index (χ2v) is 8.61. The van der Waals surface area contributed by atoms with E-state index in [1.165, 1.54) is 89.9 Å². The molecule has 0 heterocycles. The Kier molecular flexibility index (Phi) is 10.0. The molecule has 0 aromatic heterocycles. The fraction of sp³-hybridized carbons (Fsp3) is 0.792. The van der Waals surface area contributed by atoms with Crippen LogP contribution in [0.5, 0.6) is 0 Å². The van der Waals surface area contributed by atoms with E-state index in [9.17, 15) is 0 Å². The molecule has 0 aliphatic heterocycles. The monoisotopic (exact) mass is 341 g/mol. The molecule has 0 aromatic rings. The SMILES string of the molecule is CCCCC[C@H]1CC[C@H](CC[C@H]2CC[C@H](/C=C/C=C/C#N)CC2)CC1. The van der Waals surface area contributed by atoms with Crippen molar-refractivity contribution in [3.8, 4) is 6.07 Å². The van der Waals surface area contributed by atoms with E-state index in [1.54, 1.807) is 6.08 Å². The number of nitrogens with zero attached hydrogens (tertiary/aromatic N) is 1. The van der Waals surface area contributed by atoms with Crippen LogP contribution in [0.2, 0.25) is 0 Å². The number of hydrogen-bond acceptors (Lipinski definition) is 1. The van der Waals surface area contributed by atoms with Crippen LogP contribution < -0.4 is 0 Å². The van der Waals surface area contributed by atoms with Crippen LogP contribution in [0, 0.1) is 35.0 Å². The third kappa shape index (κ3) is 8.26. The lowest BCUT2D eigenvalue weighted by Crippen LogP contribution is -2.17. The van der Waals surface area contributed by atoms with Gasteiger partial charge in [0.05, 0.1) is 6.07 Å². The summed E-state index contributed by atoms with van der Waals surface area (Å²) in [7, 11) is 0. The highest BCUT2D eigenvalue weighted by Gasteiger charge is 2.23. The topological polar surface area (TPSA) is 23.8 Å². The summed E-state index contributed by atoms with van der Waals surface area (Å²) in [5, 5.41) is 8.50. The van der Waals surface area contributed by atoms with Gasteiger partial charge in [0.2, 0.25) is 0 Å². The molecule has 1 nitrogen and oxygen atoms in total. The zero-order chi connectivity index (χ0) is 17.7. The van der Waals surface area contributed by atoms with E-state index in [2.05, 4.69) is 19.1 Å². The molecule has 0 radical (unpaired) electrons. The molecule has 2 aliphatic carbocycles. The summed E-state index contributed by atoms with van der Waals surface area (Å²) >= 11 is 0. The van der Waals surface area contributed by atoms with Gasteiger partial charge in [-0.1, -0.05) is 89.4 Å². The van der Waals surface area contributed by atoms with Crippen LogP contribution in [0.3, 0.4) is 0 Å². The van der Waals surface area contributed by atoms with Gasteiger partial charge in [0.15, 0.2) is 0 Å². The van der Waals surface area contributed by atoms with Crippen molar-refractivity contribution in [3.63, 3.8) is 0 Å². The van der Waals surface area contributed by atoms with Crippen LogP contribution in [-0.2, 0) is 0 Å². The number of hydrogen-bond donors (Lipinski definition) is 0. The molecule has 0 amide bonds. The zero-order valence-electron chi connectivity index (χ0n) is 16.5. The third-order valence-corrected chi connectivity index (χ3v) is 6.72. The highest BCUT2D eigenvalue weighted by atomic mass is 14.3. The van der Waals surface area contributed by atoms with Crippen LogP contribution >= 0.6 is 0 Å². The van der Waals surface area contributed by atoms with Crippen molar-refractivity contribution in [3.05, 3.63) is 24.3 Å². The fourth-order valence-electron chi connectivity index (χ4n) is 4.95. The van der Waals surface area contributed by atoms with E-state index in [1.807, 2.05) is 12.1 Å². The van der Waals surface area contributed by atoms with Crippen LogP contribution in [0.4, 0.5) is 0 Å². The lowest BCUT2D eigenvalue weighted by Gasteiger charge is -2.31. The van der Waals surface area contributed by atoms with Gasteiger partial charge < -0.3 is 0 Å². The number of unbranched alkanes of at least 4 members (excludes halogenated alkanes) is 2. The second-order valence-electron chi connectivity index (χ2n) is 8.61. The van der Waals surface area contributed by atoms with Crippen molar-refractivity contribution >= 4 is 0 Å². The molecule has 2 saturated carbocycles. The summed E-state index contributed by atoms with van der Waals surface area (Å²) in [6.45, 7) is 2.31. The van der Waals surface area contributed by atoms with Crippen LogP contribution in [-0.4, -0.2) is 0 Å². The maximum Gasteiger partial charge on any atom is 0.0912 e. The molecule has 0 atom stereocenters. The molecule has 0 saturated heterocycles. The summed E-state index contributed by atoms with van der Waals surface area (Å²) in [6.07, 6.45) is 28.2. The predicted molar refractivity (Wildman–Crippen MR) is 108 cm³/mol. The lowest BCUT2D eigenvalue weighted by atomic mass is 9.75. The molecule has 2 rings (SSSR count). The maximum atomic E-state index is 8.50. The summed E-state index contributed by atoms with van der Waals surface area (Å²) in [4.78, 5) is 0. The van der Waals surface area contributed by atoms with E-state index in [0.29, 0.717) is 0 Å². The normalized spacial score (nSPS) is 30.7. The number of nitriles is 1. The molecular formula is C24H39N. The first-order chi connectivity index (χ1) is 12.3. The molecular weight excluding hydrogens is 302 g/mol. The third-order valence-electron chi connectivity index (χ3n) is 6.72. The molecule has 2 aliphatic rings. The lowest BCUT2D eigenvalue weighted by molar-refractivity contribution is 0.219. The fourth-order valence-corrected chi connectivity index (χ4v) is 4.95. The molecule has 0 aromatic carbocycles. The highest BCUT2D eigenvalue weighted by Crippen LogP contribution is 2.38. The zero-order valence-corrected chi connectivity index (χ0v) is 16.5. The molecule has 1 heteroatoms. The Morgan fingerprint density at radius 2 is 1.32 bits per heavy atom. The molecule has 25 heavy (non-hydrogen) atoms. The molecule has 0 N–H and O–H groups in total. The smallest absolute Gasteiger partial charge is 0.0912 e. The molecule has 140 valence electrons. The van der Waals surface area contributed by atoms with E-state index in [4.69, 9.17) is 5.26 Å². The Bertz CT molecular complexity index is 426. The summed E-state index contributed by atoms with van der Waals surface area (Å²) < 4.78 is 0. The molecule has 0 bridgehead atoms. The first-order valence-electron chi connectivity index (χ1n) is 11.0. The second kappa shape index (κ2) is 12.3. The Morgan fingerprint density at radius 1 is 0.760 bits per heavy atom. The van der Waals surface area contributed by atoms with Gasteiger partial charge in [0.25, 0.3) is 0 Å². The highest BCUT2D eigenvalue weighted by molar-refractivity contribution is 5.12. The largest absolute Gasteiger partial charge is 0.193 e. The summed E-state index contributed by atoms with van der Waals surface area (Å²) in [5.74, 6) is 3.83. The van der Waals surface area contributed by atoms with Crippen molar-refractivity contribution in [2.24, 2.45) is 23.7 Å². The van der Waals surface area contributed by atoms with Gasteiger partial charge in [-0.15, -0.1) is 0 Å². The minimum atomic E-state index is 0.748. The Labute approximate surface area is 156 Å². The Hall–Kier alpha value is -1.03. The van der Waals surface area contributed by atoms with Gasteiger partial charge in [-0.25, -0.2) is 0 Å². The summed E-state index contributed by atoms with van der Waals surface area (Å²) in [5.41, 5.74) is 0. The Morgan fingerprint density at radius 3 is 1.88 bits per heavy atom. The number of allylic oxidation sites excluding steroid dienone is 4. The van der Waals surface area contributed by atoms with Crippen molar-refractivity contribution in [1.82, 2.24) is 0 Å². The van der Waals surface area contributed by atoms with Crippen molar-refractivity contribution < 1.29 is 0 Å². The van der Waals surface area contributed by atoms with Crippen LogP contribution in [0.25, 0.3) is 0 Å². The van der Waals surface area contributed by atoms with Gasteiger partial charge in [-0.2, -0.15) is 5.26 Å². The quantitative estimate of drug-likeness (QED) is 0.241. The van der Waals surface area contributed by atoms with E-state index >= 15 is 0 Å². The van der Waals surface area contributed by atoms with Crippen molar-refractivity contribution in [2.75, 3.05) is 0 Å². The van der Waals surface area contributed by atoms with Gasteiger partial charge in [0, 0.05) is 6.08 Å². The van der Waals surface area contributed by atoms with E-state index in [-0.39, 0.29) is 0 Å². The molecule has 2 fully saturated rings. The molecule has 0 unspecified atom stereocenters. The first-order valence-corrected chi connectivity index (χ1v) is 11.0. The van der Waals surface area contributed by atoms with Crippen molar-refractivity contribution in [2.45, 2.75) is 96.8 Å². The van der Waals surface area contributed by atoms with E-state index < -0.39 is 0 Å². The minimum Gasteiger partial charge on any atom is -0.193 e.